The van der Waals surface area contributed by atoms with Gasteiger partial charge in [0.2, 0.25) is 0 Å². The molecule has 1 aliphatic carbocycles. The van der Waals surface area contributed by atoms with E-state index in [1.54, 1.807) is 20.8 Å². The van der Waals surface area contributed by atoms with Gasteiger partial charge in [-0.15, -0.1) is 0 Å². The smallest absolute Gasteiger partial charge is 0.416 e. The van der Waals surface area contributed by atoms with E-state index in [0.29, 0.717) is 18.9 Å². The Labute approximate surface area is 157 Å². The van der Waals surface area contributed by atoms with E-state index in [4.69, 9.17) is 4.74 Å². The third kappa shape index (κ3) is 5.85. The molecule has 0 bridgehead atoms. The Hall–Kier alpha value is -1.77. The van der Waals surface area contributed by atoms with Gasteiger partial charge in [-0.25, -0.2) is 13.2 Å². The number of alkyl carbamates (subject to hydrolysis) is 1. The fraction of sp³-hybridized carbons (Fsp3) is 0.611. The molecule has 1 N–H and O–H groups in total. The van der Waals surface area contributed by atoms with Gasteiger partial charge >= 0.3 is 12.3 Å². The Kier molecular flexibility index (Phi) is 6.13. The summed E-state index contributed by atoms with van der Waals surface area (Å²) in [5.74, 6) is 0. The number of sulfone groups is 1. The molecule has 1 aromatic rings. The van der Waals surface area contributed by atoms with Gasteiger partial charge in [0, 0.05) is 6.04 Å². The number of alkyl halides is 3. The van der Waals surface area contributed by atoms with Crippen LogP contribution >= 0.6 is 0 Å². The second-order valence-corrected chi connectivity index (χ2v) is 9.92. The van der Waals surface area contributed by atoms with Crippen molar-refractivity contribution in [1.82, 2.24) is 5.32 Å². The second kappa shape index (κ2) is 7.69. The number of benzene rings is 1. The predicted molar refractivity (Wildman–Crippen MR) is 94.0 cm³/mol. The second-order valence-electron chi connectivity index (χ2n) is 7.69. The summed E-state index contributed by atoms with van der Waals surface area (Å²) in [4.78, 5) is 11.5. The Morgan fingerprint density at radius 3 is 2.22 bits per heavy atom. The van der Waals surface area contributed by atoms with Crippen LogP contribution in [0.4, 0.5) is 18.0 Å². The average molecular weight is 407 g/mol. The van der Waals surface area contributed by atoms with Crippen molar-refractivity contribution in [3.63, 3.8) is 0 Å². The van der Waals surface area contributed by atoms with Gasteiger partial charge in [-0.2, -0.15) is 13.2 Å². The quantitative estimate of drug-likeness (QED) is 0.810. The van der Waals surface area contributed by atoms with Gasteiger partial charge < -0.3 is 10.1 Å². The van der Waals surface area contributed by atoms with Crippen LogP contribution in [0.15, 0.2) is 29.2 Å². The lowest BCUT2D eigenvalue weighted by Crippen LogP contribution is -2.42. The molecule has 0 heterocycles. The highest BCUT2D eigenvalue weighted by atomic mass is 32.2. The van der Waals surface area contributed by atoms with Crippen LogP contribution in [-0.2, 0) is 20.8 Å². The summed E-state index contributed by atoms with van der Waals surface area (Å²) >= 11 is 0. The van der Waals surface area contributed by atoms with Crippen molar-refractivity contribution >= 4 is 15.9 Å². The van der Waals surface area contributed by atoms with Crippen LogP contribution in [0.25, 0.3) is 0 Å². The lowest BCUT2D eigenvalue weighted by atomic mass is 9.95. The van der Waals surface area contributed by atoms with Crippen molar-refractivity contribution in [1.29, 1.82) is 0 Å². The Bertz CT molecular complexity index is 777. The lowest BCUT2D eigenvalue weighted by Gasteiger charge is -2.30. The number of ether oxygens (including phenoxy) is 1. The molecule has 0 atom stereocenters. The largest absolute Gasteiger partial charge is 0.444 e. The fourth-order valence-corrected chi connectivity index (χ4v) is 4.87. The number of halogens is 3. The summed E-state index contributed by atoms with van der Waals surface area (Å²) in [6.07, 6.45) is -3.80. The first-order chi connectivity index (χ1) is 12.3. The summed E-state index contributed by atoms with van der Waals surface area (Å²) in [7, 11) is -3.87. The van der Waals surface area contributed by atoms with E-state index in [0.717, 1.165) is 12.1 Å². The molecule has 0 spiro atoms. The zero-order chi connectivity index (χ0) is 20.5. The van der Waals surface area contributed by atoms with Crippen molar-refractivity contribution in [2.24, 2.45) is 0 Å². The molecule has 0 unspecified atom stereocenters. The number of rotatable bonds is 3. The molecular weight excluding hydrogens is 383 g/mol. The van der Waals surface area contributed by atoms with Crippen LogP contribution < -0.4 is 5.32 Å². The minimum absolute atomic E-state index is 0.215. The van der Waals surface area contributed by atoms with Crippen LogP contribution in [0.1, 0.15) is 52.0 Å². The molecule has 0 radical (unpaired) electrons. The highest BCUT2D eigenvalue weighted by Gasteiger charge is 2.36. The Morgan fingerprint density at radius 1 is 1.11 bits per heavy atom. The summed E-state index contributed by atoms with van der Waals surface area (Å²) in [6.45, 7) is 5.22. The standard InChI is InChI=1S/C18H24F3NO4S/c1-17(2,3)26-16(23)22-13-7-9-14(10-8-13)27(24,25)15-6-4-5-12(11-15)18(19,20)21/h4-6,11,13-14H,7-10H2,1-3H3,(H,22,23). The number of nitrogens with one attached hydrogen (secondary N) is 1. The normalized spacial score (nSPS) is 21.6. The number of carbonyl (C=O) groups excluding carboxylic acids is 1. The van der Waals surface area contributed by atoms with Crippen LogP contribution in [0, 0.1) is 0 Å². The molecule has 0 saturated heterocycles. The maximum absolute atomic E-state index is 12.8. The van der Waals surface area contributed by atoms with E-state index >= 15 is 0 Å². The molecule has 27 heavy (non-hydrogen) atoms. The van der Waals surface area contributed by atoms with Crippen molar-refractivity contribution in [2.75, 3.05) is 0 Å². The third-order valence-electron chi connectivity index (χ3n) is 4.32. The molecule has 5 nitrogen and oxygen atoms in total. The third-order valence-corrected chi connectivity index (χ3v) is 6.58. The minimum Gasteiger partial charge on any atom is -0.444 e. The van der Waals surface area contributed by atoms with E-state index in [1.807, 2.05) is 0 Å². The van der Waals surface area contributed by atoms with E-state index < -0.39 is 38.5 Å². The van der Waals surface area contributed by atoms with E-state index in [1.165, 1.54) is 6.07 Å². The molecule has 2 rings (SSSR count). The molecule has 152 valence electrons. The van der Waals surface area contributed by atoms with Gasteiger partial charge in [0.25, 0.3) is 0 Å². The summed E-state index contributed by atoms with van der Waals surface area (Å²) in [5, 5.41) is 1.95. The summed E-state index contributed by atoms with van der Waals surface area (Å²) in [5.41, 5.74) is -1.61. The Morgan fingerprint density at radius 2 is 1.70 bits per heavy atom. The van der Waals surface area contributed by atoms with E-state index in [9.17, 15) is 26.4 Å². The van der Waals surface area contributed by atoms with Gasteiger partial charge in [-0.3, -0.25) is 0 Å². The molecule has 9 heteroatoms. The minimum atomic E-state index is -4.60. The molecule has 1 amide bonds. The average Bonchev–Trinajstić information content (AvgIpc) is 2.53. The van der Waals surface area contributed by atoms with Crippen molar-refractivity contribution < 1.29 is 31.1 Å². The summed E-state index contributed by atoms with van der Waals surface area (Å²) in [6, 6.07) is 3.61. The van der Waals surface area contributed by atoms with Gasteiger partial charge in [0.1, 0.15) is 5.60 Å². The highest BCUT2D eigenvalue weighted by molar-refractivity contribution is 7.92. The van der Waals surface area contributed by atoms with Gasteiger partial charge in [-0.05, 0) is 64.7 Å². The monoisotopic (exact) mass is 407 g/mol. The number of amides is 1. The van der Waals surface area contributed by atoms with Crippen molar-refractivity contribution in [2.45, 2.75) is 74.4 Å². The molecule has 0 aromatic heterocycles. The first-order valence-corrected chi connectivity index (χ1v) is 10.2. The first-order valence-electron chi connectivity index (χ1n) is 8.70. The van der Waals surface area contributed by atoms with Gasteiger partial charge in [0.15, 0.2) is 9.84 Å². The maximum atomic E-state index is 12.8. The van der Waals surface area contributed by atoms with Crippen LogP contribution in [0.2, 0.25) is 0 Å². The van der Waals surface area contributed by atoms with Gasteiger partial charge in [0.05, 0.1) is 15.7 Å². The zero-order valence-electron chi connectivity index (χ0n) is 15.5. The number of hydrogen-bond acceptors (Lipinski definition) is 4. The van der Waals surface area contributed by atoms with Crippen molar-refractivity contribution in [3.8, 4) is 0 Å². The predicted octanol–water partition coefficient (Wildman–Crippen LogP) is 4.32. The van der Waals surface area contributed by atoms with Crippen molar-refractivity contribution in [3.05, 3.63) is 29.8 Å². The highest BCUT2D eigenvalue weighted by Crippen LogP contribution is 2.33. The van der Waals surface area contributed by atoms with Crippen LogP contribution in [0.5, 0.6) is 0 Å². The molecule has 0 aliphatic heterocycles. The zero-order valence-corrected chi connectivity index (χ0v) is 16.3. The fourth-order valence-electron chi connectivity index (χ4n) is 3.03. The Balaban J connectivity index is 2.02. The van der Waals surface area contributed by atoms with E-state index in [2.05, 4.69) is 5.32 Å². The molecular formula is C18H24F3NO4S. The topological polar surface area (TPSA) is 72.5 Å². The van der Waals surface area contributed by atoms with Gasteiger partial charge in [-0.1, -0.05) is 6.07 Å². The first kappa shape index (κ1) is 21.5. The lowest BCUT2D eigenvalue weighted by molar-refractivity contribution is -0.137. The van der Waals surface area contributed by atoms with Crippen LogP contribution in [0.3, 0.4) is 0 Å². The molecule has 1 aliphatic rings. The summed E-state index contributed by atoms with van der Waals surface area (Å²) < 4.78 is 69.1. The maximum Gasteiger partial charge on any atom is 0.416 e. The molecule has 1 saturated carbocycles. The molecule has 1 aromatic carbocycles. The van der Waals surface area contributed by atoms with Crippen LogP contribution in [-0.4, -0.2) is 31.4 Å². The SMILES string of the molecule is CC(C)(C)OC(=O)NC1CCC(S(=O)(=O)c2cccc(C(F)(F)F)c2)CC1. The molecule has 1 fully saturated rings. The van der Waals surface area contributed by atoms with E-state index in [-0.39, 0.29) is 23.8 Å². The number of hydrogen-bond donors (Lipinski definition) is 1. The number of carbonyl (C=O) groups is 1.